The van der Waals surface area contributed by atoms with Crippen molar-refractivity contribution in [1.82, 2.24) is 0 Å². The molecule has 1 N–H and O–H groups in total. The molecule has 0 heterocycles. The summed E-state index contributed by atoms with van der Waals surface area (Å²) in [6.07, 6.45) is 7.40. The van der Waals surface area contributed by atoms with E-state index in [9.17, 15) is 9.59 Å². The zero-order valence-corrected chi connectivity index (χ0v) is 11.2. The molecule has 0 aliphatic heterocycles. The third-order valence-corrected chi connectivity index (χ3v) is 2.80. The highest BCUT2D eigenvalue weighted by molar-refractivity contribution is 6.32. The quantitative estimate of drug-likeness (QED) is 0.381. The molecule has 0 saturated heterocycles. The van der Waals surface area contributed by atoms with Crippen molar-refractivity contribution >= 4 is 11.8 Å². The van der Waals surface area contributed by atoms with Crippen LogP contribution >= 0.6 is 0 Å². The number of hydrogen-bond acceptors (Lipinski definition) is 2. The minimum atomic E-state index is -1.30. The van der Waals surface area contributed by atoms with Gasteiger partial charge in [0.2, 0.25) is 5.78 Å². The van der Waals surface area contributed by atoms with Crippen molar-refractivity contribution in [2.24, 2.45) is 5.92 Å². The molecule has 0 aromatic heterocycles. The number of hydrogen-bond donors (Lipinski definition) is 1. The average Bonchev–Trinajstić information content (AvgIpc) is 2.23. The van der Waals surface area contributed by atoms with Crippen LogP contribution < -0.4 is 0 Å². The first-order valence-electron chi connectivity index (χ1n) is 6.33. The summed E-state index contributed by atoms with van der Waals surface area (Å²) >= 11 is 0. The Hall–Kier alpha value is -1.12. The minimum Gasteiger partial charge on any atom is -0.476 e. The fourth-order valence-electron chi connectivity index (χ4n) is 1.69. The smallest absolute Gasteiger partial charge is 0.372 e. The van der Waals surface area contributed by atoms with E-state index < -0.39 is 11.8 Å². The molecule has 0 saturated carbocycles. The average molecular weight is 240 g/mol. The van der Waals surface area contributed by atoms with Gasteiger partial charge in [-0.05, 0) is 39.0 Å². The predicted octanol–water partition coefficient (Wildman–Crippen LogP) is 3.58. The van der Waals surface area contributed by atoms with Crippen molar-refractivity contribution in [2.45, 2.75) is 59.3 Å². The molecule has 0 aliphatic carbocycles. The Kier molecular flexibility index (Phi) is 8.38. The molecule has 0 aliphatic rings. The van der Waals surface area contributed by atoms with Crippen LogP contribution in [0.2, 0.25) is 0 Å². The summed E-state index contributed by atoms with van der Waals surface area (Å²) in [4.78, 5) is 21.1. The van der Waals surface area contributed by atoms with Crippen LogP contribution in [0.3, 0.4) is 0 Å². The Labute approximate surface area is 104 Å². The maximum atomic E-state index is 10.8. The number of aliphatic carboxylic acids is 1. The number of ketones is 1. The van der Waals surface area contributed by atoms with E-state index in [1.165, 1.54) is 5.57 Å². The standard InChI is InChI=1S/C14H24O3/c1-11(2)7-6-9-12(3)8-4-5-10-13(15)14(16)17/h7,12H,4-6,8-10H2,1-3H3,(H,16,17). The van der Waals surface area contributed by atoms with E-state index in [1.54, 1.807) is 0 Å². The van der Waals surface area contributed by atoms with Crippen LogP contribution in [0, 0.1) is 5.92 Å². The summed E-state index contributed by atoms with van der Waals surface area (Å²) in [7, 11) is 0. The van der Waals surface area contributed by atoms with E-state index in [1.807, 2.05) is 0 Å². The molecule has 0 bridgehead atoms. The van der Waals surface area contributed by atoms with Gasteiger partial charge >= 0.3 is 5.97 Å². The van der Waals surface area contributed by atoms with Crippen molar-refractivity contribution in [2.75, 3.05) is 0 Å². The number of carbonyl (C=O) groups is 2. The molecule has 3 heteroatoms. The van der Waals surface area contributed by atoms with Gasteiger partial charge in [0, 0.05) is 6.42 Å². The van der Waals surface area contributed by atoms with Crippen LogP contribution in [0.25, 0.3) is 0 Å². The number of carboxylic acids is 1. The monoisotopic (exact) mass is 240 g/mol. The highest BCUT2D eigenvalue weighted by atomic mass is 16.4. The first-order valence-corrected chi connectivity index (χ1v) is 6.33. The predicted molar refractivity (Wildman–Crippen MR) is 68.9 cm³/mol. The van der Waals surface area contributed by atoms with Crippen molar-refractivity contribution < 1.29 is 14.7 Å². The van der Waals surface area contributed by atoms with Crippen molar-refractivity contribution in [3.63, 3.8) is 0 Å². The van der Waals surface area contributed by atoms with Gasteiger partial charge in [-0.2, -0.15) is 0 Å². The molecule has 0 amide bonds. The summed E-state index contributed by atoms with van der Waals surface area (Å²) in [5, 5.41) is 8.40. The molecule has 0 aromatic rings. The number of unbranched alkanes of at least 4 members (excludes halogenated alkanes) is 1. The van der Waals surface area contributed by atoms with Gasteiger partial charge in [0.1, 0.15) is 0 Å². The highest BCUT2D eigenvalue weighted by Gasteiger charge is 2.10. The second-order valence-corrected chi connectivity index (χ2v) is 4.94. The molecule has 0 fully saturated rings. The second-order valence-electron chi connectivity index (χ2n) is 4.94. The molecule has 1 unspecified atom stereocenters. The minimum absolute atomic E-state index is 0.177. The fourth-order valence-corrected chi connectivity index (χ4v) is 1.69. The van der Waals surface area contributed by atoms with Gasteiger partial charge in [0.25, 0.3) is 0 Å². The number of Topliss-reactive ketones (excluding diaryl/α,β-unsaturated/α-hetero) is 1. The number of rotatable bonds is 9. The van der Waals surface area contributed by atoms with Gasteiger partial charge in [-0.1, -0.05) is 31.4 Å². The Morgan fingerprint density at radius 1 is 1.18 bits per heavy atom. The summed E-state index contributed by atoms with van der Waals surface area (Å²) in [6.45, 7) is 6.40. The normalized spacial score (nSPS) is 11.9. The fraction of sp³-hybridized carbons (Fsp3) is 0.714. The summed E-state index contributed by atoms with van der Waals surface area (Å²) in [6, 6.07) is 0. The zero-order chi connectivity index (χ0) is 13.3. The van der Waals surface area contributed by atoms with Gasteiger partial charge in [-0.25, -0.2) is 4.79 Å². The van der Waals surface area contributed by atoms with E-state index in [4.69, 9.17) is 5.11 Å². The van der Waals surface area contributed by atoms with Gasteiger partial charge in [0.15, 0.2) is 0 Å². The Morgan fingerprint density at radius 2 is 1.82 bits per heavy atom. The molecule has 0 radical (unpaired) electrons. The van der Waals surface area contributed by atoms with Crippen molar-refractivity contribution in [3.05, 3.63) is 11.6 Å². The Morgan fingerprint density at radius 3 is 2.35 bits per heavy atom. The van der Waals surface area contributed by atoms with E-state index in [-0.39, 0.29) is 6.42 Å². The lowest BCUT2D eigenvalue weighted by Crippen LogP contribution is -2.11. The van der Waals surface area contributed by atoms with Crippen LogP contribution in [0.1, 0.15) is 59.3 Å². The van der Waals surface area contributed by atoms with Gasteiger partial charge < -0.3 is 5.11 Å². The molecule has 3 nitrogen and oxygen atoms in total. The molecule has 98 valence electrons. The first kappa shape index (κ1) is 15.9. The molecule has 0 rings (SSSR count). The molecule has 17 heavy (non-hydrogen) atoms. The van der Waals surface area contributed by atoms with Crippen LogP contribution in [-0.4, -0.2) is 16.9 Å². The van der Waals surface area contributed by atoms with Gasteiger partial charge in [-0.3, -0.25) is 4.79 Å². The first-order chi connectivity index (χ1) is 7.93. The number of carboxylic acid groups (broad SMARTS) is 1. The topological polar surface area (TPSA) is 54.4 Å². The van der Waals surface area contributed by atoms with Crippen LogP contribution in [0.15, 0.2) is 11.6 Å². The lowest BCUT2D eigenvalue weighted by molar-refractivity contribution is -0.149. The molecular weight excluding hydrogens is 216 g/mol. The zero-order valence-electron chi connectivity index (χ0n) is 11.2. The Balaban J connectivity index is 3.51. The number of carbonyl (C=O) groups excluding carboxylic acids is 1. The molecule has 0 spiro atoms. The molecular formula is C14H24O3. The number of allylic oxidation sites excluding steroid dienone is 2. The highest BCUT2D eigenvalue weighted by Crippen LogP contribution is 2.15. The van der Waals surface area contributed by atoms with Gasteiger partial charge in [-0.15, -0.1) is 0 Å². The van der Waals surface area contributed by atoms with Crippen molar-refractivity contribution in [1.29, 1.82) is 0 Å². The summed E-state index contributed by atoms with van der Waals surface area (Å²) in [5.41, 5.74) is 1.35. The van der Waals surface area contributed by atoms with Crippen LogP contribution in [0.5, 0.6) is 0 Å². The summed E-state index contributed by atoms with van der Waals surface area (Å²) in [5.74, 6) is -1.32. The van der Waals surface area contributed by atoms with Crippen LogP contribution in [0.4, 0.5) is 0 Å². The third-order valence-electron chi connectivity index (χ3n) is 2.80. The SMILES string of the molecule is CC(C)=CCCC(C)CCCCC(=O)C(=O)O. The van der Waals surface area contributed by atoms with Gasteiger partial charge in [0.05, 0.1) is 0 Å². The molecule has 0 aromatic carbocycles. The van der Waals surface area contributed by atoms with E-state index in [0.717, 1.165) is 25.7 Å². The maximum absolute atomic E-state index is 10.8. The Bertz CT molecular complexity index is 275. The lowest BCUT2D eigenvalue weighted by atomic mass is 9.97. The molecule has 1 atom stereocenters. The van der Waals surface area contributed by atoms with E-state index in [0.29, 0.717) is 12.3 Å². The lowest BCUT2D eigenvalue weighted by Gasteiger charge is -2.09. The maximum Gasteiger partial charge on any atom is 0.372 e. The largest absolute Gasteiger partial charge is 0.476 e. The van der Waals surface area contributed by atoms with Crippen LogP contribution in [-0.2, 0) is 9.59 Å². The van der Waals surface area contributed by atoms with E-state index in [2.05, 4.69) is 26.8 Å². The third kappa shape index (κ3) is 9.79. The second kappa shape index (κ2) is 8.97. The van der Waals surface area contributed by atoms with Crippen molar-refractivity contribution in [3.8, 4) is 0 Å². The summed E-state index contributed by atoms with van der Waals surface area (Å²) < 4.78 is 0. The van der Waals surface area contributed by atoms with E-state index >= 15 is 0 Å².